The molecule has 0 aromatic heterocycles. The molecule has 2 aliphatic rings. The Balaban J connectivity index is 1.44. The maximum absolute atomic E-state index is 12.2. The molecule has 0 radical (unpaired) electrons. The van der Waals surface area contributed by atoms with Gasteiger partial charge >= 0.3 is 0 Å². The van der Waals surface area contributed by atoms with Gasteiger partial charge in [-0.25, -0.2) is 0 Å². The average Bonchev–Trinajstić information content (AvgIpc) is 3.28. The molecule has 22 heavy (non-hydrogen) atoms. The quantitative estimate of drug-likeness (QED) is 0.862. The number of carbonyl (C=O) groups is 1. The summed E-state index contributed by atoms with van der Waals surface area (Å²) in [7, 11) is 0. The maximum Gasteiger partial charge on any atom is 0.223 e. The number of nitrogens with one attached hydrogen (secondary N) is 2. The lowest BCUT2D eigenvalue weighted by Gasteiger charge is -2.27. The Morgan fingerprint density at radius 2 is 2.09 bits per heavy atom. The third-order valence-corrected chi connectivity index (χ3v) is 4.99. The van der Waals surface area contributed by atoms with Crippen LogP contribution in [0.2, 0.25) is 10.0 Å². The zero-order chi connectivity index (χ0) is 15.5. The first kappa shape index (κ1) is 16.1. The number of halogens is 2. The summed E-state index contributed by atoms with van der Waals surface area (Å²) in [6.45, 7) is 5.83. The number of piperazine rings is 1. The summed E-state index contributed by atoms with van der Waals surface area (Å²) in [5.74, 6) is 0.441. The van der Waals surface area contributed by atoms with Crippen LogP contribution >= 0.6 is 23.2 Å². The van der Waals surface area contributed by atoms with E-state index >= 15 is 0 Å². The van der Waals surface area contributed by atoms with E-state index in [1.807, 2.05) is 12.1 Å². The molecule has 1 amide bonds. The van der Waals surface area contributed by atoms with Crippen LogP contribution in [-0.4, -0.2) is 50.1 Å². The van der Waals surface area contributed by atoms with Gasteiger partial charge in [0.05, 0.1) is 0 Å². The van der Waals surface area contributed by atoms with Gasteiger partial charge < -0.3 is 10.6 Å². The van der Waals surface area contributed by atoms with Crippen LogP contribution in [-0.2, 0) is 4.79 Å². The monoisotopic (exact) mass is 341 g/mol. The summed E-state index contributed by atoms with van der Waals surface area (Å²) >= 11 is 12.1. The molecule has 1 saturated heterocycles. The van der Waals surface area contributed by atoms with Crippen LogP contribution in [0.25, 0.3) is 0 Å². The predicted octanol–water partition coefficient (Wildman–Crippen LogP) is 2.12. The molecule has 2 N–H and O–H groups in total. The SMILES string of the molecule is O=C(NCCN1CCNCC1)C1CC1c1ccc(Cl)cc1Cl. The topological polar surface area (TPSA) is 44.4 Å². The van der Waals surface area contributed by atoms with E-state index in [1.165, 1.54) is 0 Å². The zero-order valence-corrected chi connectivity index (χ0v) is 14.0. The Hall–Kier alpha value is -0.810. The molecule has 1 aromatic rings. The van der Waals surface area contributed by atoms with Crippen molar-refractivity contribution >= 4 is 29.1 Å². The van der Waals surface area contributed by atoms with E-state index in [0.717, 1.165) is 51.3 Å². The van der Waals surface area contributed by atoms with Crippen molar-refractivity contribution in [1.29, 1.82) is 0 Å². The minimum absolute atomic E-state index is 0.0571. The smallest absolute Gasteiger partial charge is 0.223 e. The van der Waals surface area contributed by atoms with E-state index < -0.39 is 0 Å². The van der Waals surface area contributed by atoms with Gasteiger partial charge in [0.2, 0.25) is 5.91 Å². The van der Waals surface area contributed by atoms with Crippen molar-refractivity contribution in [3.05, 3.63) is 33.8 Å². The summed E-state index contributed by atoms with van der Waals surface area (Å²) in [4.78, 5) is 14.6. The molecule has 6 heteroatoms. The van der Waals surface area contributed by atoms with Crippen LogP contribution in [0.15, 0.2) is 18.2 Å². The van der Waals surface area contributed by atoms with Crippen LogP contribution in [0, 0.1) is 5.92 Å². The van der Waals surface area contributed by atoms with Gasteiger partial charge in [0.15, 0.2) is 0 Å². The van der Waals surface area contributed by atoms with Gasteiger partial charge in [0.25, 0.3) is 0 Å². The number of benzene rings is 1. The molecule has 1 heterocycles. The number of hydrogen-bond donors (Lipinski definition) is 2. The Morgan fingerprint density at radius 1 is 1.32 bits per heavy atom. The summed E-state index contributed by atoms with van der Waals surface area (Å²) in [6.07, 6.45) is 0.876. The molecule has 1 aromatic carbocycles. The molecular formula is C16H21Cl2N3O. The van der Waals surface area contributed by atoms with Gasteiger partial charge in [-0.15, -0.1) is 0 Å². The first-order chi connectivity index (χ1) is 10.6. The molecule has 1 aliphatic carbocycles. The minimum atomic E-state index is 0.0571. The molecule has 3 rings (SSSR count). The van der Waals surface area contributed by atoms with E-state index in [1.54, 1.807) is 6.07 Å². The second-order valence-corrected chi connectivity index (χ2v) is 6.84. The largest absolute Gasteiger partial charge is 0.355 e. The Labute approximate surface area is 141 Å². The molecule has 0 spiro atoms. The molecule has 0 bridgehead atoms. The fraction of sp³-hybridized carbons (Fsp3) is 0.562. The van der Waals surface area contributed by atoms with Crippen LogP contribution < -0.4 is 10.6 Å². The third kappa shape index (κ3) is 3.93. The van der Waals surface area contributed by atoms with Crippen LogP contribution in [0.3, 0.4) is 0 Å². The van der Waals surface area contributed by atoms with Gasteiger partial charge in [-0.1, -0.05) is 29.3 Å². The normalized spacial score (nSPS) is 25.0. The van der Waals surface area contributed by atoms with Crippen molar-refractivity contribution in [2.24, 2.45) is 5.92 Å². The third-order valence-electron chi connectivity index (χ3n) is 4.43. The number of nitrogens with zero attached hydrogens (tertiary/aromatic N) is 1. The van der Waals surface area contributed by atoms with Gasteiger partial charge in [0, 0.05) is 55.2 Å². The summed E-state index contributed by atoms with van der Waals surface area (Å²) in [5.41, 5.74) is 1.04. The van der Waals surface area contributed by atoms with Crippen molar-refractivity contribution in [3.63, 3.8) is 0 Å². The molecule has 2 fully saturated rings. The van der Waals surface area contributed by atoms with Crippen LogP contribution in [0.5, 0.6) is 0 Å². The standard InChI is InChI=1S/C16H21Cl2N3O/c17-11-1-2-12(15(18)9-11)13-10-14(13)16(22)20-5-8-21-6-3-19-4-7-21/h1-2,9,13-14,19H,3-8,10H2,(H,20,22). The van der Waals surface area contributed by atoms with Crippen LogP contribution in [0.4, 0.5) is 0 Å². The van der Waals surface area contributed by atoms with Crippen molar-refractivity contribution in [3.8, 4) is 0 Å². The number of rotatable bonds is 5. The fourth-order valence-corrected chi connectivity index (χ4v) is 3.58. The number of carbonyl (C=O) groups excluding carboxylic acids is 1. The van der Waals surface area contributed by atoms with E-state index in [9.17, 15) is 4.79 Å². The Kier molecular flexibility index (Phi) is 5.24. The predicted molar refractivity (Wildman–Crippen MR) is 89.6 cm³/mol. The van der Waals surface area contributed by atoms with E-state index in [2.05, 4.69) is 15.5 Å². The average molecular weight is 342 g/mol. The molecule has 120 valence electrons. The van der Waals surface area contributed by atoms with Gasteiger partial charge in [-0.05, 0) is 30.0 Å². The van der Waals surface area contributed by atoms with E-state index in [-0.39, 0.29) is 17.7 Å². The summed E-state index contributed by atoms with van der Waals surface area (Å²) in [6, 6.07) is 5.51. The minimum Gasteiger partial charge on any atom is -0.355 e. The van der Waals surface area contributed by atoms with Crippen molar-refractivity contribution < 1.29 is 4.79 Å². The maximum atomic E-state index is 12.2. The van der Waals surface area contributed by atoms with Gasteiger partial charge in [-0.3, -0.25) is 9.69 Å². The first-order valence-corrected chi connectivity index (χ1v) is 8.56. The Morgan fingerprint density at radius 3 is 2.82 bits per heavy atom. The highest BCUT2D eigenvalue weighted by Gasteiger charge is 2.44. The van der Waals surface area contributed by atoms with Crippen molar-refractivity contribution in [2.45, 2.75) is 12.3 Å². The number of amides is 1. The summed E-state index contributed by atoms with van der Waals surface area (Å²) in [5, 5.41) is 7.67. The molecule has 2 atom stereocenters. The molecule has 2 unspecified atom stereocenters. The fourth-order valence-electron chi connectivity index (χ4n) is 3.03. The highest BCUT2D eigenvalue weighted by Crippen LogP contribution is 2.49. The highest BCUT2D eigenvalue weighted by molar-refractivity contribution is 6.35. The highest BCUT2D eigenvalue weighted by atomic mass is 35.5. The van der Waals surface area contributed by atoms with Crippen molar-refractivity contribution in [2.75, 3.05) is 39.3 Å². The van der Waals surface area contributed by atoms with E-state index in [0.29, 0.717) is 10.0 Å². The lowest BCUT2D eigenvalue weighted by molar-refractivity contribution is -0.122. The summed E-state index contributed by atoms with van der Waals surface area (Å²) < 4.78 is 0. The molecular weight excluding hydrogens is 321 g/mol. The van der Waals surface area contributed by atoms with Gasteiger partial charge in [0.1, 0.15) is 0 Å². The molecule has 1 saturated carbocycles. The van der Waals surface area contributed by atoms with Crippen LogP contribution in [0.1, 0.15) is 17.9 Å². The second kappa shape index (κ2) is 7.18. The number of hydrogen-bond acceptors (Lipinski definition) is 3. The van der Waals surface area contributed by atoms with Gasteiger partial charge in [-0.2, -0.15) is 0 Å². The molecule has 4 nitrogen and oxygen atoms in total. The lowest BCUT2D eigenvalue weighted by Crippen LogP contribution is -2.46. The Bertz CT molecular complexity index is 546. The zero-order valence-electron chi connectivity index (χ0n) is 12.4. The van der Waals surface area contributed by atoms with E-state index in [4.69, 9.17) is 23.2 Å². The second-order valence-electron chi connectivity index (χ2n) is 6.00. The first-order valence-electron chi connectivity index (χ1n) is 7.81. The molecule has 1 aliphatic heterocycles. The lowest BCUT2D eigenvalue weighted by atomic mass is 10.1. The van der Waals surface area contributed by atoms with Crippen molar-refractivity contribution in [1.82, 2.24) is 15.5 Å².